The van der Waals surface area contributed by atoms with Crippen LogP contribution in [0.4, 0.5) is 0 Å². The maximum atomic E-state index is 9.63. The fraction of sp³-hybridized carbons (Fsp3) is 0.500. The number of carbonyl (C=O) groups excluding carboxylic acids is 1. The van der Waals surface area contributed by atoms with Crippen LogP contribution < -0.4 is 0 Å². The Morgan fingerprint density at radius 1 is 1.56 bits per heavy atom. The molecule has 0 saturated heterocycles. The topological polar surface area (TPSA) is 54.4 Å². The molecular formula is C6H8O3. The number of hydrogen-bond donors (Lipinski definition) is 1. The van der Waals surface area contributed by atoms with Crippen LogP contribution in [0.5, 0.6) is 0 Å². The molecule has 3 nitrogen and oxygen atoms in total. The number of carboxylic acid groups (broad SMARTS) is 1. The van der Waals surface area contributed by atoms with Gasteiger partial charge in [0.15, 0.2) is 0 Å². The summed E-state index contributed by atoms with van der Waals surface area (Å²) >= 11 is 0. The van der Waals surface area contributed by atoms with Crippen LogP contribution in [0.2, 0.25) is 0 Å². The molecule has 0 amide bonds. The molecule has 50 valence electrons. The zero-order valence-electron chi connectivity index (χ0n) is 4.96. The van der Waals surface area contributed by atoms with Crippen LogP contribution in [0.1, 0.15) is 19.3 Å². The second-order valence-electron chi connectivity index (χ2n) is 1.66. The summed E-state index contributed by atoms with van der Waals surface area (Å²) in [7, 11) is 0. The highest BCUT2D eigenvalue weighted by Gasteiger charge is 2.07. The lowest BCUT2D eigenvalue weighted by Crippen LogP contribution is -1.95. The van der Waals surface area contributed by atoms with Gasteiger partial charge in [0.05, 0.1) is 0 Å². The first kappa shape index (κ1) is 7.92. The van der Waals surface area contributed by atoms with E-state index in [1.54, 1.807) is 0 Å². The lowest BCUT2D eigenvalue weighted by molar-refractivity contribution is -0.122. The molecule has 3 heteroatoms. The molecule has 9 heavy (non-hydrogen) atoms. The summed E-state index contributed by atoms with van der Waals surface area (Å²) in [4.78, 5) is 18.0. The second kappa shape index (κ2) is 5.06. The zero-order valence-corrected chi connectivity index (χ0v) is 4.96. The van der Waals surface area contributed by atoms with Crippen molar-refractivity contribution in [2.45, 2.75) is 19.3 Å². The molecule has 0 radical (unpaired) electrons. The van der Waals surface area contributed by atoms with Crippen molar-refractivity contribution in [1.82, 2.24) is 0 Å². The van der Waals surface area contributed by atoms with E-state index in [2.05, 4.69) is 0 Å². The van der Waals surface area contributed by atoms with Gasteiger partial charge in [-0.25, -0.2) is 4.79 Å². The van der Waals surface area contributed by atoms with Gasteiger partial charge in [-0.05, 0) is 19.3 Å². The van der Waals surface area contributed by atoms with Crippen LogP contribution in [0, 0.1) is 0 Å². The first-order valence-corrected chi connectivity index (χ1v) is 2.66. The molecule has 0 heterocycles. The van der Waals surface area contributed by atoms with E-state index in [4.69, 9.17) is 9.90 Å². The highest BCUT2D eigenvalue weighted by molar-refractivity contribution is 5.54. The summed E-state index contributed by atoms with van der Waals surface area (Å²) < 4.78 is 0. The van der Waals surface area contributed by atoms with E-state index in [0.29, 0.717) is 0 Å². The summed E-state index contributed by atoms with van der Waals surface area (Å²) in [6.45, 7) is -0.250. The molecule has 1 fully saturated rings. The van der Waals surface area contributed by atoms with E-state index in [1.165, 1.54) is 6.42 Å². The normalized spacial score (nSPS) is 14.0. The SMILES string of the molecule is O=C=C1CCC1.O=CO. The summed E-state index contributed by atoms with van der Waals surface area (Å²) in [5, 5.41) is 6.89. The van der Waals surface area contributed by atoms with Crippen LogP contribution in [0.15, 0.2) is 5.57 Å². The van der Waals surface area contributed by atoms with Crippen molar-refractivity contribution < 1.29 is 14.7 Å². The Morgan fingerprint density at radius 2 is 2.00 bits per heavy atom. The zero-order chi connectivity index (χ0) is 7.11. The van der Waals surface area contributed by atoms with Crippen LogP contribution in [0.25, 0.3) is 0 Å². The minimum Gasteiger partial charge on any atom is -0.483 e. The van der Waals surface area contributed by atoms with Crippen LogP contribution >= 0.6 is 0 Å². The summed E-state index contributed by atoms with van der Waals surface area (Å²) in [6, 6.07) is 0. The average molecular weight is 128 g/mol. The molecule has 0 aromatic heterocycles. The van der Waals surface area contributed by atoms with Gasteiger partial charge in [-0.1, -0.05) is 0 Å². The van der Waals surface area contributed by atoms with Gasteiger partial charge in [-0.3, -0.25) is 4.79 Å². The highest BCUT2D eigenvalue weighted by atomic mass is 16.3. The minimum absolute atomic E-state index is 0.250. The van der Waals surface area contributed by atoms with E-state index in [-0.39, 0.29) is 6.47 Å². The van der Waals surface area contributed by atoms with Gasteiger partial charge in [-0.2, -0.15) is 0 Å². The number of hydrogen-bond acceptors (Lipinski definition) is 2. The van der Waals surface area contributed by atoms with Gasteiger partial charge < -0.3 is 5.11 Å². The Morgan fingerprint density at radius 3 is 2.00 bits per heavy atom. The molecule has 1 aliphatic rings. The van der Waals surface area contributed by atoms with Crippen molar-refractivity contribution in [3.63, 3.8) is 0 Å². The van der Waals surface area contributed by atoms with Crippen molar-refractivity contribution >= 4 is 12.4 Å². The van der Waals surface area contributed by atoms with E-state index >= 15 is 0 Å². The van der Waals surface area contributed by atoms with Crippen molar-refractivity contribution in [1.29, 1.82) is 0 Å². The van der Waals surface area contributed by atoms with E-state index in [1.807, 2.05) is 5.94 Å². The number of carbonyl (C=O) groups is 1. The predicted molar refractivity (Wildman–Crippen MR) is 31.8 cm³/mol. The predicted octanol–water partition coefficient (Wildman–Crippen LogP) is 0.629. The molecule has 0 atom stereocenters. The third-order valence-corrected chi connectivity index (χ3v) is 1.10. The van der Waals surface area contributed by atoms with Gasteiger partial charge in [0.2, 0.25) is 0 Å². The van der Waals surface area contributed by atoms with Gasteiger partial charge in [-0.15, -0.1) is 0 Å². The van der Waals surface area contributed by atoms with Crippen LogP contribution in [-0.2, 0) is 9.59 Å². The third kappa shape index (κ3) is 3.50. The van der Waals surface area contributed by atoms with Crippen LogP contribution in [-0.4, -0.2) is 17.5 Å². The smallest absolute Gasteiger partial charge is 0.290 e. The number of allylic oxidation sites excluding steroid dienone is 1. The molecule has 0 aliphatic heterocycles. The molecule has 0 unspecified atom stereocenters. The quantitative estimate of drug-likeness (QED) is 0.384. The van der Waals surface area contributed by atoms with Gasteiger partial charge in [0.25, 0.3) is 6.47 Å². The van der Waals surface area contributed by atoms with E-state index in [0.717, 1.165) is 18.4 Å². The third-order valence-electron chi connectivity index (χ3n) is 1.10. The molecule has 1 aliphatic carbocycles. The number of rotatable bonds is 0. The van der Waals surface area contributed by atoms with Gasteiger partial charge >= 0.3 is 0 Å². The monoisotopic (exact) mass is 128 g/mol. The van der Waals surface area contributed by atoms with Crippen molar-refractivity contribution in [2.75, 3.05) is 0 Å². The lowest BCUT2D eigenvalue weighted by Gasteiger charge is -2.08. The Bertz CT molecular complexity index is 127. The lowest BCUT2D eigenvalue weighted by atomic mass is 9.94. The molecule has 0 spiro atoms. The van der Waals surface area contributed by atoms with Crippen molar-refractivity contribution in [2.24, 2.45) is 0 Å². The minimum atomic E-state index is -0.250. The second-order valence-corrected chi connectivity index (χ2v) is 1.66. The highest BCUT2D eigenvalue weighted by Crippen LogP contribution is 2.21. The molecule has 0 aromatic carbocycles. The maximum absolute atomic E-state index is 9.63. The Labute approximate surface area is 53.0 Å². The molecule has 1 saturated carbocycles. The fourth-order valence-corrected chi connectivity index (χ4v) is 0.456. The summed E-state index contributed by atoms with van der Waals surface area (Å²) in [5.41, 5.74) is 0.968. The van der Waals surface area contributed by atoms with Crippen LogP contribution in [0.3, 0.4) is 0 Å². The summed E-state index contributed by atoms with van der Waals surface area (Å²) in [6.07, 6.45) is 3.21. The molecule has 1 rings (SSSR count). The Balaban J connectivity index is 0.000000187. The molecular weight excluding hydrogens is 120 g/mol. The average Bonchev–Trinajstić information content (AvgIpc) is 1.64. The van der Waals surface area contributed by atoms with Crippen molar-refractivity contribution in [3.8, 4) is 0 Å². The Hall–Kier alpha value is -1.08. The maximum Gasteiger partial charge on any atom is 0.290 e. The fourth-order valence-electron chi connectivity index (χ4n) is 0.456. The van der Waals surface area contributed by atoms with Gasteiger partial charge in [0, 0.05) is 5.57 Å². The van der Waals surface area contributed by atoms with E-state index in [9.17, 15) is 4.79 Å². The first-order valence-electron chi connectivity index (χ1n) is 2.66. The largest absolute Gasteiger partial charge is 0.483 e. The summed E-state index contributed by atoms with van der Waals surface area (Å²) in [5.74, 6) is 1.87. The molecule has 1 N–H and O–H groups in total. The first-order chi connectivity index (χ1) is 4.35. The van der Waals surface area contributed by atoms with E-state index < -0.39 is 0 Å². The standard InChI is InChI=1S/C5H6O.CH2O2/c6-4-5-2-1-3-5;2-1-3/h1-3H2;1H,(H,2,3). The Kier molecular flexibility index (Phi) is 4.46. The molecule has 0 aromatic rings. The van der Waals surface area contributed by atoms with Crippen molar-refractivity contribution in [3.05, 3.63) is 5.57 Å². The van der Waals surface area contributed by atoms with Gasteiger partial charge in [0.1, 0.15) is 5.94 Å². The molecule has 0 bridgehead atoms.